The van der Waals surface area contributed by atoms with Crippen LogP contribution in [0.1, 0.15) is 47.6 Å². The molecule has 2 N–H and O–H groups in total. The van der Waals surface area contributed by atoms with Crippen LogP contribution in [0, 0.1) is 13.8 Å². The first kappa shape index (κ1) is 22.1. The summed E-state index contributed by atoms with van der Waals surface area (Å²) >= 11 is 0. The molecule has 0 aromatic heterocycles. The second kappa shape index (κ2) is 9.57. The summed E-state index contributed by atoms with van der Waals surface area (Å²) in [5, 5.41) is 5.80. The summed E-state index contributed by atoms with van der Waals surface area (Å²) in [4.78, 5) is 27.8. The van der Waals surface area contributed by atoms with Gasteiger partial charge >= 0.3 is 12.0 Å². The van der Waals surface area contributed by atoms with Gasteiger partial charge in [0.05, 0.1) is 18.2 Å². The molecule has 2 aromatic carbocycles. The number of rotatable bonds is 6. The lowest BCUT2D eigenvalue weighted by Gasteiger charge is -2.31. The summed E-state index contributed by atoms with van der Waals surface area (Å²) in [6.45, 7) is 8.49. The number of carbonyl (C=O) groups excluding carboxylic acids is 2. The maximum Gasteiger partial charge on any atom is 0.338 e. The maximum atomic E-state index is 13.0. The van der Waals surface area contributed by atoms with E-state index >= 15 is 0 Å². The number of nitrogens with one attached hydrogen (secondary N) is 2. The average molecular weight is 434 g/mol. The van der Waals surface area contributed by atoms with Crippen LogP contribution in [0.4, 0.5) is 4.79 Å². The quantitative estimate of drug-likeness (QED) is 0.677. The van der Waals surface area contributed by atoms with Crippen molar-refractivity contribution in [3.8, 4) is 0 Å². The Morgan fingerprint density at radius 2 is 1.66 bits per heavy atom. The number of amides is 2. The number of likely N-dealkylation sites (tertiary alicyclic amines) is 1. The van der Waals surface area contributed by atoms with E-state index in [2.05, 4.69) is 46.7 Å². The van der Waals surface area contributed by atoms with E-state index in [1.807, 2.05) is 31.2 Å². The molecule has 6 nitrogen and oxygen atoms in total. The van der Waals surface area contributed by atoms with E-state index in [-0.39, 0.29) is 12.6 Å². The smallest absolute Gasteiger partial charge is 0.338 e. The normalized spacial score (nSPS) is 21.3. The van der Waals surface area contributed by atoms with Gasteiger partial charge in [-0.15, -0.1) is 0 Å². The number of hydrogen-bond acceptors (Lipinski definition) is 4. The molecule has 0 saturated carbocycles. The largest absolute Gasteiger partial charge is 0.463 e. The number of urea groups is 1. The van der Waals surface area contributed by atoms with E-state index in [0.29, 0.717) is 23.7 Å². The fraction of sp³-hybridized carbons (Fsp3) is 0.385. The van der Waals surface area contributed by atoms with Crippen molar-refractivity contribution in [1.29, 1.82) is 0 Å². The van der Waals surface area contributed by atoms with Gasteiger partial charge in [-0.05, 0) is 50.8 Å². The molecule has 2 atom stereocenters. The van der Waals surface area contributed by atoms with Gasteiger partial charge < -0.3 is 15.4 Å². The van der Waals surface area contributed by atoms with Crippen LogP contribution in [0.5, 0.6) is 0 Å². The minimum absolute atomic E-state index is 0.281. The third-order valence-electron chi connectivity index (χ3n) is 6.26. The third-order valence-corrected chi connectivity index (χ3v) is 6.26. The highest BCUT2D eigenvalue weighted by molar-refractivity contribution is 5.95. The SMILES string of the molecule is CCOC(=O)C1=C(CN2CCC(c3ccc(C)cc3)C2)NC(=O)NC1c1ccc(C)cc1. The van der Waals surface area contributed by atoms with Crippen LogP contribution < -0.4 is 10.6 Å². The van der Waals surface area contributed by atoms with E-state index < -0.39 is 12.0 Å². The Morgan fingerprint density at radius 3 is 2.28 bits per heavy atom. The van der Waals surface area contributed by atoms with Crippen LogP contribution in [0.15, 0.2) is 59.8 Å². The zero-order valence-electron chi connectivity index (χ0n) is 19.0. The van der Waals surface area contributed by atoms with Crippen molar-refractivity contribution in [2.24, 2.45) is 0 Å². The van der Waals surface area contributed by atoms with E-state index in [9.17, 15) is 9.59 Å². The lowest BCUT2D eigenvalue weighted by molar-refractivity contribution is -0.139. The maximum absolute atomic E-state index is 13.0. The molecular formula is C26H31N3O3. The van der Waals surface area contributed by atoms with Crippen LogP contribution in [-0.2, 0) is 9.53 Å². The van der Waals surface area contributed by atoms with E-state index in [0.717, 1.165) is 30.6 Å². The highest BCUT2D eigenvalue weighted by Crippen LogP contribution is 2.31. The van der Waals surface area contributed by atoms with Crippen molar-refractivity contribution in [3.05, 3.63) is 82.1 Å². The molecule has 0 spiro atoms. The lowest BCUT2D eigenvalue weighted by Crippen LogP contribution is -2.48. The third kappa shape index (κ3) is 4.86. The topological polar surface area (TPSA) is 70.7 Å². The van der Waals surface area contributed by atoms with Gasteiger partial charge in [-0.25, -0.2) is 9.59 Å². The van der Waals surface area contributed by atoms with Crippen molar-refractivity contribution >= 4 is 12.0 Å². The molecule has 0 bridgehead atoms. The first-order chi connectivity index (χ1) is 15.4. The minimum atomic E-state index is -0.533. The number of ether oxygens (including phenoxy) is 1. The molecular weight excluding hydrogens is 402 g/mol. The molecule has 2 aliphatic heterocycles. The van der Waals surface area contributed by atoms with E-state index in [1.165, 1.54) is 11.1 Å². The number of nitrogens with zero attached hydrogens (tertiary/aromatic N) is 1. The predicted octanol–water partition coefficient (Wildman–Crippen LogP) is 3.96. The Hall–Kier alpha value is -3.12. The Kier molecular flexibility index (Phi) is 6.61. The van der Waals surface area contributed by atoms with Crippen molar-refractivity contribution in [2.75, 3.05) is 26.2 Å². The van der Waals surface area contributed by atoms with Gasteiger partial charge in [0.1, 0.15) is 0 Å². The molecule has 1 saturated heterocycles. The summed E-state index contributed by atoms with van der Waals surface area (Å²) in [7, 11) is 0. The predicted molar refractivity (Wildman–Crippen MR) is 124 cm³/mol. The van der Waals surface area contributed by atoms with Crippen molar-refractivity contribution in [1.82, 2.24) is 15.5 Å². The fourth-order valence-corrected chi connectivity index (χ4v) is 4.51. The summed E-state index contributed by atoms with van der Waals surface area (Å²) in [5.74, 6) is 0.0578. The van der Waals surface area contributed by atoms with Gasteiger partial charge in [0.2, 0.25) is 0 Å². The lowest BCUT2D eigenvalue weighted by atomic mass is 9.94. The molecule has 1 fully saturated rings. The van der Waals surface area contributed by atoms with E-state index in [1.54, 1.807) is 6.92 Å². The minimum Gasteiger partial charge on any atom is -0.463 e. The van der Waals surface area contributed by atoms with Gasteiger partial charge in [-0.2, -0.15) is 0 Å². The van der Waals surface area contributed by atoms with Crippen LogP contribution in [0.2, 0.25) is 0 Å². The molecule has 2 amide bonds. The molecule has 0 radical (unpaired) electrons. The van der Waals surface area contributed by atoms with E-state index in [4.69, 9.17) is 4.74 Å². The molecule has 6 heteroatoms. The van der Waals surface area contributed by atoms with Gasteiger partial charge in [0, 0.05) is 18.8 Å². The Bertz CT molecular complexity index is 1010. The standard InChI is InChI=1S/C26H31N3O3/c1-4-32-25(30)23-22(27-26(31)28-24(23)20-11-7-18(3)8-12-20)16-29-14-13-21(15-29)19-9-5-17(2)6-10-19/h5-12,21,24H,4,13-16H2,1-3H3,(H2,27,28,31). The summed E-state index contributed by atoms with van der Waals surface area (Å²) in [6, 6.07) is 15.7. The highest BCUT2D eigenvalue weighted by Gasteiger charge is 2.35. The van der Waals surface area contributed by atoms with Crippen molar-refractivity contribution < 1.29 is 14.3 Å². The highest BCUT2D eigenvalue weighted by atomic mass is 16.5. The molecule has 0 aliphatic carbocycles. The number of aryl methyl sites for hydroxylation is 2. The average Bonchev–Trinajstić information content (AvgIpc) is 3.23. The molecule has 32 heavy (non-hydrogen) atoms. The van der Waals surface area contributed by atoms with Gasteiger partial charge in [0.25, 0.3) is 0 Å². The second-order valence-corrected chi connectivity index (χ2v) is 8.69. The number of esters is 1. The van der Waals surface area contributed by atoms with Crippen LogP contribution in [0.3, 0.4) is 0 Å². The summed E-state index contributed by atoms with van der Waals surface area (Å²) in [6.07, 6.45) is 1.05. The van der Waals surface area contributed by atoms with Crippen molar-refractivity contribution in [3.63, 3.8) is 0 Å². The monoisotopic (exact) mass is 433 g/mol. The van der Waals surface area contributed by atoms with Gasteiger partial charge in [-0.1, -0.05) is 59.7 Å². The number of benzene rings is 2. The van der Waals surface area contributed by atoms with Crippen LogP contribution in [-0.4, -0.2) is 43.1 Å². The zero-order valence-corrected chi connectivity index (χ0v) is 19.0. The second-order valence-electron chi connectivity index (χ2n) is 8.69. The van der Waals surface area contributed by atoms with Crippen molar-refractivity contribution in [2.45, 2.75) is 39.2 Å². The molecule has 168 valence electrons. The van der Waals surface area contributed by atoms with Gasteiger partial charge in [0.15, 0.2) is 0 Å². The Balaban J connectivity index is 1.60. The molecule has 4 rings (SSSR count). The van der Waals surface area contributed by atoms with Gasteiger partial charge in [-0.3, -0.25) is 4.90 Å². The first-order valence-corrected chi connectivity index (χ1v) is 11.3. The first-order valence-electron chi connectivity index (χ1n) is 11.3. The Labute approximate surface area is 189 Å². The fourth-order valence-electron chi connectivity index (χ4n) is 4.51. The molecule has 2 unspecified atom stereocenters. The molecule has 2 aliphatic rings. The molecule has 2 heterocycles. The summed E-state index contributed by atoms with van der Waals surface area (Å²) < 4.78 is 5.38. The Morgan fingerprint density at radius 1 is 1.03 bits per heavy atom. The number of hydrogen-bond donors (Lipinski definition) is 2. The van der Waals surface area contributed by atoms with Crippen LogP contribution >= 0.6 is 0 Å². The summed E-state index contributed by atoms with van der Waals surface area (Å²) in [5.41, 5.74) is 5.69. The van der Waals surface area contributed by atoms with Crippen LogP contribution in [0.25, 0.3) is 0 Å². The molecule has 2 aromatic rings. The number of carbonyl (C=O) groups is 2. The zero-order chi connectivity index (χ0) is 22.7.